The van der Waals surface area contributed by atoms with Crippen LogP contribution >= 0.6 is 0 Å². The zero-order chi connectivity index (χ0) is 14.3. The van der Waals surface area contributed by atoms with E-state index in [0.717, 1.165) is 32.3 Å². The van der Waals surface area contributed by atoms with Gasteiger partial charge in [0.2, 0.25) is 0 Å². The minimum absolute atomic E-state index is 0.120. The number of carbonyl (C=O) groups is 1. The molecule has 0 spiro atoms. The van der Waals surface area contributed by atoms with Crippen molar-refractivity contribution >= 4 is 5.97 Å². The van der Waals surface area contributed by atoms with Crippen LogP contribution in [0, 0.1) is 5.92 Å². The molecule has 0 saturated carbocycles. The second-order valence-corrected chi connectivity index (χ2v) is 4.88. The molecule has 0 amide bonds. The first-order valence-corrected chi connectivity index (χ1v) is 7.51. The van der Waals surface area contributed by atoms with Crippen molar-refractivity contribution in [2.45, 2.75) is 52.9 Å². The fraction of sp³-hybridized carbons (Fsp3) is 0.933. The van der Waals surface area contributed by atoms with Gasteiger partial charge in [-0.2, -0.15) is 0 Å². The van der Waals surface area contributed by atoms with E-state index in [2.05, 4.69) is 20.8 Å². The van der Waals surface area contributed by atoms with E-state index >= 15 is 0 Å². The first-order chi connectivity index (χ1) is 9.20. The van der Waals surface area contributed by atoms with Crippen molar-refractivity contribution in [3.8, 4) is 0 Å². The lowest BCUT2D eigenvalue weighted by atomic mass is 10.1. The largest absolute Gasteiger partial charge is 0.463 e. The van der Waals surface area contributed by atoms with Crippen LogP contribution in [0.15, 0.2) is 0 Å². The summed E-state index contributed by atoms with van der Waals surface area (Å²) in [6.45, 7) is 9.17. The molecule has 114 valence electrons. The van der Waals surface area contributed by atoms with Crippen molar-refractivity contribution < 1.29 is 19.0 Å². The van der Waals surface area contributed by atoms with Gasteiger partial charge < -0.3 is 14.2 Å². The molecule has 0 heterocycles. The lowest BCUT2D eigenvalue weighted by molar-refractivity contribution is -0.145. The Morgan fingerprint density at radius 3 is 2.37 bits per heavy atom. The van der Waals surface area contributed by atoms with Gasteiger partial charge in [-0.25, -0.2) is 0 Å². The fourth-order valence-electron chi connectivity index (χ4n) is 1.43. The van der Waals surface area contributed by atoms with Crippen LogP contribution in [0.5, 0.6) is 0 Å². The average Bonchev–Trinajstić information content (AvgIpc) is 2.41. The first kappa shape index (κ1) is 18.4. The molecular formula is C15H30O4. The van der Waals surface area contributed by atoms with Gasteiger partial charge >= 0.3 is 5.97 Å². The predicted molar refractivity (Wildman–Crippen MR) is 76.2 cm³/mol. The molecule has 0 saturated heterocycles. The van der Waals surface area contributed by atoms with Gasteiger partial charge in [-0.1, -0.05) is 40.0 Å². The van der Waals surface area contributed by atoms with E-state index in [-0.39, 0.29) is 5.97 Å². The smallest absolute Gasteiger partial charge is 0.305 e. The van der Waals surface area contributed by atoms with Crippen LogP contribution in [0.25, 0.3) is 0 Å². The highest BCUT2D eigenvalue weighted by Crippen LogP contribution is 2.01. The molecule has 1 unspecified atom stereocenters. The van der Waals surface area contributed by atoms with Crippen LogP contribution in [0.1, 0.15) is 52.9 Å². The van der Waals surface area contributed by atoms with Crippen molar-refractivity contribution in [3.05, 3.63) is 0 Å². The molecule has 19 heavy (non-hydrogen) atoms. The Balaban J connectivity index is 3.16. The molecule has 0 aromatic heterocycles. The number of unbranched alkanes of at least 4 members (excludes halogenated alkanes) is 2. The SMILES string of the molecule is CCCCCC(=O)OCCOCCOCC(C)CC. The van der Waals surface area contributed by atoms with Gasteiger partial charge in [-0.05, 0) is 12.3 Å². The molecule has 0 N–H and O–H groups in total. The van der Waals surface area contributed by atoms with Crippen LogP contribution in [0.2, 0.25) is 0 Å². The lowest BCUT2D eigenvalue weighted by Gasteiger charge is -2.09. The number of rotatable bonds is 13. The third kappa shape index (κ3) is 13.6. The van der Waals surface area contributed by atoms with Gasteiger partial charge in [0.25, 0.3) is 0 Å². The van der Waals surface area contributed by atoms with Crippen molar-refractivity contribution in [3.63, 3.8) is 0 Å². The molecule has 0 bridgehead atoms. The summed E-state index contributed by atoms with van der Waals surface area (Å²) in [4.78, 5) is 11.3. The molecule has 0 radical (unpaired) electrons. The Morgan fingerprint density at radius 1 is 1.00 bits per heavy atom. The van der Waals surface area contributed by atoms with E-state index in [1.54, 1.807) is 0 Å². The van der Waals surface area contributed by atoms with E-state index in [9.17, 15) is 4.79 Å². The fourth-order valence-corrected chi connectivity index (χ4v) is 1.43. The molecule has 0 rings (SSSR count). The Labute approximate surface area is 117 Å². The predicted octanol–water partition coefficient (Wildman–Crippen LogP) is 3.19. The zero-order valence-corrected chi connectivity index (χ0v) is 12.8. The van der Waals surface area contributed by atoms with Crippen molar-refractivity contribution in [2.24, 2.45) is 5.92 Å². The van der Waals surface area contributed by atoms with E-state index in [1.165, 1.54) is 0 Å². The Bertz CT molecular complexity index is 206. The van der Waals surface area contributed by atoms with Crippen molar-refractivity contribution in [2.75, 3.05) is 33.0 Å². The van der Waals surface area contributed by atoms with Crippen molar-refractivity contribution in [1.29, 1.82) is 0 Å². The van der Waals surface area contributed by atoms with Crippen molar-refractivity contribution in [1.82, 2.24) is 0 Å². The maximum absolute atomic E-state index is 11.3. The molecule has 0 aromatic rings. The van der Waals surface area contributed by atoms with E-state index in [1.807, 2.05) is 0 Å². The number of esters is 1. The Hall–Kier alpha value is -0.610. The third-order valence-electron chi connectivity index (χ3n) is 2.95. The number of hydrogen-bond donors (Lipinski definition) is 0. The molecule has 0 aliphatic heterocycles. The second kappa shape index (κ2) is 13.8. The molecular weight excluding hydrogens is 244 g/mol. The van der Waals surface area contributed by atoms with Gasteiger partial charge in [0.05, 0.1) is 19.8 Å². The topological polar surface area (TPSA) is 44.8 Å². The van der Waals surface area contributed by atoms with Crippen LogP contribution in [-0.2, 0) is 19.0 Å². The quantitative estimate of drug-likeness (QED) is 0.382. The number of ether oxygens (including phenoxy) is 3. The molecule has 0 fully saturated rings. The first-order valence-electron chi connectivity index (χ1n) is 7.51. The van der Waals surface area contributed by atoms with E-state index in [0.29, 0.717) is 38.8 Å². The minimum atomic E-state index is -0.120. The summed E-state index contributed by atoms with van der Waals surface area (Å²) in [6, 6.07) is 0. The maximum atomic E-state index is 11.3. The summed E-state index contributed by atoms with van der Waals surface area (Å²) in [6.07, 6.45) is 4.77. The Morgan fingerprint density at radius 2 is 1.68 bits per heavy atom. The summed E-state index contributed by atoms with van der Waals surface area (Å²) >= 11 is 0. The summed E-state index contributed by atoms with van der Waals surface area (Å²) in [7, 11) is 0. The van der Waals surface area contributed by atoms with Gasteiger partial charge in [0, 0.05) is 13.0 Å². The van der Waals surface area contributed by atoms with Gasteiger partial charge in [0.1, 0.15) is 6.61 Å². The summed E-state index contributed by atoms with van der Waals surface area (Å²) in [5.41, 5.74) is 0. The minimum Gasteiger partial charge on any atom is -0.463 e. The second-order valence-electron chi connectivity index (χ2n) is 4.88. The molecule has 0 aliphatic rings. The number of hydrogen-bond acceptors (Lipinski definition) is 4. The van der Waals surface area contributed by atoms with Gasteiger partial charge in [0.15, 0.2) is 0 Å². The van der Waals surface area contributed by atoms with Gasteiger partial charge in [-0.15, -0.1) is 0 Å². The molecule has 0 aromatic carbocycles. The summed E-state index contributed by atoms with van der Waals surface area (Å²) in [5, 5.41) is 0. The van der Waals surface area contributed by atoms with E-state index in [4.69, 9.17) is 14.2 Å². The summed E-state index contributed by atoms with van der Waals surface area (Å²) < 4.78 is 15.8. The van der Waals surface area contributed by atoms with Crippen LogP contribution in [0.4, 0.5) is 0 Å². The van der Waals surface area contributed by atoms with Gasteiger partial charge in [-0.3, -0.25) is 4.79 Å². The number of carbonyl (C=O) groups excluding carboxylic acids is 1. The van der Waals surface area contributed by atoms with E-state index < -0.39 is 0 Å². The highest BCUT2D eigenvalue weighted by molar-refractivity contribution is 5.69. The lowest BCUT2D eigenvalue weighted by Crippen LogP contribution is -2.14. The average molecular weight is 274 g/mol. The Kier molecular flexibility index (Phi) is 13.4. The van der Waals surface area contributed by atoms with Crippen LogP contribution < -0.4 is 0 Å². The standard InChI is InChI=1S/C15H30O4/c1-4-6-7-8-15(16)19-12-11-17-9-10-18-13-14(3)5-2/h14H,4-13H2,1-3H3. The highest BCUT2D eigenvalue weighted by atomic mass is 16.6. The molecule has 4 heteroatoms. The highest BCUT2D eigenvalue weighted by Gasteiger charge is 2.02. The maximum Gasteiger partial charge on any atom is 0.305 e. The molecule has 4 nitrogen and oxygen atoms in total. The summed E-state index contributed by atoms with van der Waals surface area (Å²) in [5.74, 6) is 0.481. The monoisotopic (exact) mass is 274 g/mol. The normalized spacial score (nSPS) is 12.4. The zero-order valence-electron chi connectivity index (χ0n) is 12.8. The molecule has 0 aliphatic carbocycles. The molecule has 1 atom stereocenters. The van der Waals surface area contributed by atoms with Crippen LogP contribution in [0.3, 0.4) is 0 Å². The van der Waals surface area contributed by atoms with Crippen LogP contribution in [-0.4, -0.2) is 39.0 Å². The third-order valence-corrected chi connectivity index (χ3v) is 2.95.